The van der Waals surface area contributed by atoms with Crippen molar-refractivity contribution in [3.8, 4) is 5.75 Å². The van der Waals surface area contributed by atoms with Crippen LogP contribution in [-0.4, -0.2) is 66.4 Å². The molecule has 6 rings (SSSR count). The fraction of sp³-hybridized carbons (Fsp3) is 0.375. The van der Waals surface area contributed by atoms with Gasteiger partial charge < -0.3 is 35.3 Å². The normalized spacial score (nSPS) is 27.6. The van der Waals surface area contributed by atoms with Crippen molar-refractivity contribution in [3.05, 3.63) is 48.9 Å². The van der Waals surface area contributed by atoms with Crippen LogP contribution in [0.3, 0.4) is 0 Å². The van der Waals surface area contributed by atoms with Gasteiger partial charge in [0, 0.05) is 17.6 Å². The standard InChI is InChI=1S/C24H23F3N6O4/c25-24(26,27)10-29-17-4-2-12-1-3-13(9-15(12)32-17)36-16-5-7-23(35)18(34)22(37-19(16)23)33-8-6-14-20(28)30-11-31-21(14)33/h1-4,6,8-9,11,16,18-19,22,34-35H,5,7,10H2,(H,29,32)(H2,28,30,31)/t16-,18-,19+,22+,23-/m0/s1. The Morgan fingerprint density at radius 1 is 1.22 bits per heavy atom. The highest BCUT2D eigenvalue weighted by Crippen LogP contribution is 2.48. The largest absolute Gasteiger partial charge is 0.488 e. The van der Waals surface area contributed by atoms with Gasteiger partial charge in [-0.2, -0.15) is 13.2 Å². The van der Waals surface area contributed by atoms with Gasteiger partial charge in [-0.1, -0.05) is 0 Å². The maximum atomic E-state index is 12.6. The van der Waals surface area contributed by atoms with Crippen molar-refractivity contribution in [1.29, 1.82) is 0 Å². The molecule has 4 heterocycles. The first-order chi connectivity index (χ1) is 17.6. The zero-order valence-electron chi connectivity index (χ0n) is 19.3. The number of nitrogens with two attached hydrogens (primary N) is 1. The third-order valence-electron chi connectivity index (χ3n) is 6.96. The van der Waals surface area contributed by atoms with Crippen molar-refractivity contribution in [2.45, 2.75) is 49.2 Å². The molecule has 1 aliphatic carbocycles. The van der Waals surface area contributed by atoms with Gasteiger partial charge in [-0.15, -0.1) is 0 Å². The number of aliphatic hydroxyl groups is 2. The Morgan fingerprint density at radius 3 is 2.84 bits per heavy atom. The molecule has 5 N–H and O–H groups in total. The van der Waals surface area contributed by atoms with Crippen LogP contribution in [0.25, 0.3) is 21.9 Å². The SMILES string of the molecule is Nc1ncnc2c1ccn2[C@@H]1O[C@@H]2[C@@H](Oc3ccc4ccc(NCC(F)(F)F)nc4c3)CC[C@]2(O)[C@H]1O. The van der Waals surface area contributed by atoms with Crippen LogP contribution in [0.5, 0.6) is 5.75 Å². The predicted octanol–water partition coefficient (Wildman–Crippen LogP) is 2.77. The van der Waals surface area contributed by atoms with Crippen LogP contribution >= 0.6 is 0 Å². The molecule has 0 unspecified atom stereocenters. The second-order valence-corrected chi connectivity index (χ2v) is 9.32. The van der Waals surface area contributed by atoms with Gasteiger partial charge in [0.2, 0.25) is 0 Å². The minimum absolute atomic E-state index is 0.0886. The van der Waals surface area contributed by atoms with E-state index in [0.29, 0.717) is 28.7 Å². The minimum Gasteiger partial charge on any atom is -0.488 e. The second kappa shape index (κ2) is 8.43. The first kappa shape index (κ1) is 23.7. The Bertz CT molecular complexity index is 1480. The number of alkyl halides is 3. The number of fused-ring (bicyclic) bond motifs is 3. The molecular weight excluding hydrogens is 493 g/mol. The summed E-state index contributed by atoms with van der Waals surface area (Å²) in [7, 11) is 0. The number of hydrogen-bond donors (Lipinski definition) is 4. The quantitative estimate of drug-likeness (QED) is 0.315. The number of benzene rings is 1. The monoisotopic (exact) mass is 516 g/mol. The minimum atomic E-state index is -4.36. The lowest BCUT2D eigenvalue weighted by atomic mass is 9.94. The molecule has 1 saturated heterocycles. The number of nitrogens with zero attached hydrogens (tertiary/aromatic N) is 4. The fourth-order valence-electron chi connectivity index (χ4n) is 5.15. The van der Waals surface area contributed by atoms with Crippen molar-refractivity contribution in [1.82, 2.24) is 19.5 Å². The molecular formula is C24H23F3N6O4. The summed E-state index contributed by atoms with van der Waals surface area (Å²) in [5.74, 6) is 0.791. The number of pyridine rings is 1. The zero-order chi connectivity index (χ0) is 25.9. The number of ether oxygens (including phenoxy) is 2. The molecule has 4 aromatic rings. The summed E-state index contributed by atoms with van der Waals surface area (Å²) in [6.07, 6.45) is -4.32. The first-order valence-corrected chi connectivity index (χ1v) is 11.6. The molecule has 0 spiro atoms. The maximum absolute atomic E-state index is 12.6. The first-order valence-electron chi connectivity index (χ1n) is 11.6. The van der Waals surface area contributed by atoms with E-state index in [1.807, 2.05) is 0 Å². The van der Waals surface area contributed by atoms with Gasteiger partial charge in [0.15, 0.2) is 6.23 Å². The molecule has 194 valence electrons. The summed E-state index contributed by atoms with van der Waals surface area (Å²) in [4.78, 5) is 12.5. The van der Waals surface area contributed by atoms with Crippen molar-refractivity contribution in [3.63, 3.8) is 0 Å². The number of halogens is 3. The Morgan fingerprint density at radius 2 is 2.03 bits per heavy atom. The third kappa shape index (κ3) is 4.08. The summed E-state index contributed by atoms with van der Waals surface area (Å²) in [5.41, 5.74) is 5.28. The molecule has 5 atom stereocenters. The van der Waals surface area contributed by atoms with Crippen LogP contribution in [0, 0.1) is 0 Å². The molecule has 13 heteroatoms. The third-order valence-corrected chi connectivity index (χ3v) is 6.96. The molecule has 0 bridgehead atoms. The molecule has 2 fully saturated rings. The van der Waals surface area contributed by atoms with Crippen LogP contribution in [0.1, 0.15) is 19.1 Å². The fourth-order valence-corrected chi connectivity index (χ4v) is 5.15. The van der Waals surface area contributed by atoms with Crippen LogP contribution in [0.15, 0.2) is 48.9 Å². The number of aromatic nitrogens is 4. The van der Waals surface area contributed by atoms with Gasteiger partial charge >= 0.3 is 6.18 Å². The lowest BCUT2D eigenvalue weighted by Crippen LogP contribution is -2.47. The van der Waals surface area contributed by atoms with E-state index in [9.17, 15) is 23.4 Å². The van der Waals surface area contributed by atoms with Gasteiger partial charge in [-0.05, 0) is 43.2 Å². The topological polar surface area (TPSA) is 141 Å². The van der Waals surface area contributed by atoms with Gasteiger partial charge in [0.25, 0.3) is 0 Å². The maximum Gasteiger partial charge on any atom is 0.405 e. The van der Waals surface area contributed by atoms with E-state index >= 15 is 0 Å². The predicted molar refractivity (Wildman–Crippen MR) is 127 cm³/mol. The highest BCUT2D eigenvalue weighted by Gasteiger charge is 2.62. The van der Waals surface area contributed by atoms with Crippen molar-refractivity contribution in [2.24, 2.45) is 0 Å². The van der Waals surface area contributed by atoms with E-state index in [0.717, 1.165) is 5.39 Å². The summed E-state index contributed by atoms with van der Waals surface area (Å²) >= 11 is 0. The van der Waals surface area contributed by atoms with Crippen molar-refractivity contribution < 1.29 is 32.9 Å². The summed E-state index contributed by atoms with van der Waals surface area (Å²) < 4.78 is 51.6. The number of anilines is 2. The van der Waals surface area contributed by atoms with E-state index in [1.165, 1.54) is 12.4 Å². The lowest BCUT2D eigenvalue weighted by molar-refractivity contribution is -0.115. The average Bonchev–Trinajstić information content (AvgIpc) is 3.50. The highest BCUT2D eigenvalue weighted by molar-refractivity contribution is 5.86. The van der Waals surface area contributed by atoms with Crippen LogP contribution < -0.4 is 15.8 Å². The van der Waals surface area contributed by atoms with E-state index in [2.05, 4.69) is 20.3 Å². The Hall–Kier alpha value is -3.68. The molecule has 0 radical (unpaired) electrons. The molecule has 0 amide bonds. The smallest absolute Gasteiger partial charge is 0.405 e. The molecule has 3 aromatic heterocycles. The van der Waals surface area contributed by atoms with Gasteiger partial charge in [0.1, 0.15) is 59.8 Å². The van der Waals surface area contributed by atoms with Gasteiger partial charge in [-0.3, -0.25) is 0 Å². The van der Waals surface area contributed by atoms with E-state index in [1.54, 1.807) is 41.1 Å². The summed E-state index contributed by atoms with van der Waals surface area (Å²) in [5, 5.41) is 26.0. The zero-order valence-corrected chi connectivity index (χ0v) is 19.3. The van der Waals surface area contributed by atoms with Crippen LogP contribution in [0.2, 0.25) is 0 Å². The number of nitrogens with one attached hydrogen (secondary N) is 1. The van der Waals surface area contributed by atoms with Gasteiger partial charge in [-0.25, -0.2) is 15.0 Å². The molecule has 10 nitrogen and oxygen atoms in total. The molecule has 2 aliphatic rings. The number of nitrogen functional groups attached to an aromatic ring is 1. The molecule has 1 aromatic carbocycles. The van der Waals surface area contributed by atoms with Crippen molar-refractivity contribution >= 4 is 33.6 Å². The summed E-state index contributed by atoms with van der Waals surface area (Å²) in [6, 6.07) is 9.93. The summed E-state index contributed by atoms with van der Waals surface area (Å²) in [6.45, 7) is -1.19. The lowest BCUT2D eigenvalue weighted by Gasteiger charge is -2.26. The number of aliphatic hydroxyl groups excluding tert-OH is 1. The highest BCUT2D eigenvalue weighted by atomic mass is 19.4. The van der Waals surface area contributed by atoms with Gasteiger partial charge in [0.05, 0.1) is 10.9 Å². The van der Waals surface area contributed by atoms with E-state index < -0.39 is 42.9 Å². The Balaban J connectivity index is 1.23. The Kier molecular flexibility index (Phi) is 5.40. The molecule has 1 saturated carbocycles. The number of rotatable bonds is 5. The number of hydrogen-bond acceptors (Lipinski definition) is 9. The molecule has 1 aliphatic heterocycles. The van der Waals surface area contributed by atoms with Crippen LogP contribution in [0.4, 0.5) is 24.8 Å². The molecule has 37 heavy (non-hydrogen) atoms. The van der Waals surface area contributed by atoms with Crippen molar-refractivity contribution in [2.75, 3.05) is 17.6 Å². The Labute approximate surface area is 207 Å². The second-order valence-electron chi connectivity index (χ2n) is 9.32. The van der Waals surface area contributed by atoms with E-state index in [4.69, 9.17) is 15.2 Å². The van der Waals surface area contributed by atoms with E-state index in [-0.39, 0.29) is 18.1 Å². The van der Waals surface area contributed by atoms with Crippen LogP contribution in [-0.2, 0) is 4.74 Å². The average molecular weight is 516 g/mol.